The van der Waals surface area contributed by atoms with E-state index in [-0.39, 0.29) is 17.7 Å². The molecule has 0 radical (unpaired) electrons. The zero-order chi connectivity index (χ0) is 20.4. The number of para-hydroxylation sites is 1. The molecule has 1 heterocycles. The highest BCUT2D eigenvalue weighted by Crippen LogP contribution is 2.35. The van der Waals surface area contributed by atoms with Crippen molar-refractivity contribution in [2.45, 2.75) is 34.6 Å². The van der Waals surface area contributed by atoms with E-state index in [4.69, 9.17) is 0 Å². The first-order chi connectivity index (χ1) is 13.3. The second kappa shape index (κ2) is 8.01. The Hall–Kier alpha value is -2.88. The molecule has 0 saturated carbocycles. The van der Waals surface area contributed by atoms with Gasteiger partial charge in [0.15, 0.2) is 0 Å². The molecule has 2 aromatic carbocycles. The molecule has 4 heteroatoms. The molecule has 1 aliphatic heterocycles. The van der Waals surface area contributed by atoms with E-state index in [2.05, 4.69) is 6.07 Å². The fourth-order valence-corrected chi connectivity index (χ4v) is 3.76. The summed E-state index contributed by atoms with van der Waals surface area (Å²) in [5, 5.41) is 0. The maximum absolute atomic E-state index is 13.4. The Morgan fingerprint density at radius 2 is 1.64 bits per heavy atom. The fourth-order valence-electron chi connectivity index (χ4n) is 3.76. The van der Waals surface area contributed by atoms with Gasteiger partial charge in [-0.25, -0.2) is 0 Å². The van der Waals surface area contributed by atoms with Crippen molar-refractivity contribution in [2.24, 2.45) is 5.92 Å². The van der Waals surface area contributed by atoms with Crippen molar-refractivity contribution in [2.75, 3.05) is 18.0 Å². The summed E-state index contributed by atoms with van der Waals surface area (Å²) in [6, 6.07) is 15.8. The Morgan fingerprint density at radius 1 is 0.964 bits per heavy atom. The van der Waals surface area contributed by atoms with Gasteiger partial charge < -0.3 is 4.90 Å². The molecular weight excluding hydrogens is 348 g/mol. The Kier molecular flexibility index (Phi) is 5.68. The van der Waals surface area contributed by atoms with Crippen molar-refractivity contribution in [3.63, 3.8) is 0 Å². The van der Waals surface area contributed by atoms with Crippen LogP contribution in [0.2, 0.25) is 0 Å². The number of hydrogen-bond donors (Lipinski definition) is 0. The van der Waals surface area contributed by atoms with Crippen LogP contribution in [0.5, 0.6) is 0 Å². The average molecular weight is 377 g/mol. The number of likely N-dealkylation sites (N-methyl/N-ethyl adjacent to an activating group) is 1. The molecular formula is C24H28N2O2. The van der Waals surface area contributed by atoms with E-state index in [1.165, 1.54) is 4.90 Å². The largest absolute Gasteiger partial charge is 0.337 e. The lowest BCUT2D eigenvalue weighted by molar-refractivity contribution is -0.137. The molecule has 3 rings (SSSR count). The number of carbonyl (C=O) groups excluding carboxylic acids is 2. The third kappa shape index (κ3) is 3.59. The van der Waals surface area contributed by atoms with Crippen LogP contribution < -0.4 is 4.90 Å². The number of rotatable bonds is 6. The Bertz CT molecular complexity index is 929. The molecule has 0 unspecified atom stereocenters. The monoisotopic (exact) mass is 376 g/mol. The van der Waals surface area contributed by atoms with Crippen LogP contribution in [-0.2, 0) is 9.59 Å². The van der Waals surface area contributed by atoms with Crippen LogP contribution >= 0.6 is 0 Å². The number of imide groups is 1. The first kappa shape index (κ1) is 19.9. The van der Waals surface area contributed by atoms with Crippen molar-refractivity contribution in [3.05, 3.63) is 70.9 Å². The Balaban J connectivity index is 2.22. The van der Waals surface area contributed by atoms with Crippen LogP contribution in [-0.4, -0.2) is 29.8 Å². The summed E-state index contributed by atoms with van der Waals surface area (Å²) >= 11 is 0. The van der Waals surface area contributed by atoms with Crippen LogP contribution in [0.1, 0.15) is 37.5 Å². The van der Waals surface area contributed by atoms with Gasteiger partial charge in [-0.2, -0.15) is 0 Å². The molecule has 0 aromatic heterocycles. The van der Waals surface area contributed by atoms with E-state index < -0.39 is 0 Å². The maximum atomic E-state index is 13.4. The van der Waals surface area contributed by atoms with E-state index in [0.717, 1.165) is 22.4 Å². The highest BCUT2D eigenvalue weighted by atomic mass is 16.2. The molecule has 0 spiro atoms. The second-order valence-electron chi connectivity index (χ2n) is 7.74. The lowest BCUT2D eigenvalue weighted by Gasteiger charge is -2.25. The third-order valence-electron chi connectivity index (χ3n) is 5.00. The van der Waals surface area contributed by atoms with E-state index in [0.29, 0.717) is 24.4 Å². The first-order valence-corrected chi connectivity index (χ1v) is 9.85. The van der Waals surface area contributed by atoms with E-state index in [9.17, 15) is 9.59 Å². The van der Waals surface area contributed by atoms with Gasteiger partial charge in [0.25, 0.3) is 11.8 Å². The number of hydrogen-bond acceptors (Lipinski definition) is 3. The van der Waals surface area contributed by atoms with E-state index in [1.807, 2.05) is 82.0 Å². The van der Waals surface area contributed by atoms with Crippen LogP contribution in [0.4, 0.5) is 5.69 Å². The van der Waals surface area contributed by atoms with Gasteiger partial charge in [0.2, 0.25) is 0 Å². The Labute approximate surface area is 167 Å². The molecule has 0 atom stereocenters. The minimum Gasteiger partial charge on any atom is -0.337 e. The van der Waals surface area contributed by atoms with Crippen molar-refractivity contribution < 1.29 is 9.59 Å². The Morgan fingerprint density at radius 3 is 2.21 bits per heavy atom. The summed E-state index contributed by atoms with van der Waals surface area (Å²) in [7, 11) is 0. The smallest absolute Gasteiger partial charge is 0.278 e. The van der Waals surface area contributed by atoms with E-state index >= 15 is 0 Å². The molecule has 2 amide bonds. The fraction of sp³-hybridized carbons (Fsp3) is 0.333. The highest BCUT2D eigenvalue weighted by molar-refractivity contribution is 6.37. The molecule has 146 valence electrons. The number of benzene rings is 2. The van der Waals surface area contributed by atoms with Crippen LogP contribution in [0, 0.1) is 19.8 Å². The number of amides is 2. The molecule has 0 aliphatic carbocycles. The van der Waals surface area contributed by atoms with Gasteiger partial charge in [-0.15, -0.1) is 0 Å². The van der Waals surface area contributed by atoms with Crippen molar-refractivity contribution in [1.82, 2.24) is 4.90 Å². The summed E-state index contributed by atoms with van der Waals surface area (Å²) in [6.07, 6.45) is 0. The summed E-state index contributed by atoms with van der Waals surface area (Å²) in [5.41, 5.74) is 4.87. The number of aryl methyl sites for hydroxylation is 2. The number of nitrogens with zero attached hydrogens (tertiary/aromatic N) is 2. The average Bonchev–Trinajstić information content (AvgIpc) is 2.88. The second-order valence-corrected chi connectivity index (χ2v) is 7.74. The molecule has 0 bridgehead atoms. The van der Waals surface area contributed by atoms with Gasteiger partial charge in [-0.1, -0.05) is 55.8 Å². The zero-order valence-electron chi connectivity index (χ0n) is 17.3. The number of anilines is 1. The van der Waals surface area contributed by atoms with Crippen molar-refractivity contribution >= 4 is 23.1 Å². The normalized spacial score (nSPS) is 14.4. The summed E-state index contributed by atoms with van der Waals surface area (Å²) in [4.78, 5) is 30.1. The van der Waals surface area contributed by atoms with Crippen LogP contribution in [0.3, 0.4) is 0 Å². The third-order valence-corrected chi connectivity index (χ3v) is 5.00. The highest BCUT2D eigenvalue weighted by Gasteiger charge is 2.42. The van der Waals surface area contributed by atoms with Crippen molar-refractivity contribution in [1.29, 1.82) is 0 Å². The summed E-state index contributed by atoms with van der Waals surface area (Å²) in [6.45, 7) is 11.1. The van der Waals surface area contributed by atoms with Crippen LogP contribution in [0.15, 0.2) is 54.2 Å². The van der Waals surface area contributed by atoms with Crippen LogP contribution in [0.25, 0.3) is 5.57 Å². The van der Waals surface area contributed by atoms with Crippen molar-refractivity contribution in [3.8, 4) is 0 Å². The molecule has 28 heavy (non-hydrogen) atoms. The molecule has 0 fully saturated rings. The predicted octanol–water partition coefficient (Wildman–Crippen LogP) is 4.57. The van der Waals surface area contributed by atoms with Gasteiger partial charge in [0.05, 0.1) is 5.57 Å². The van der Waals surface area contributed by atoms with E-state index in [1.54, 1.807) is 0 Å². The van der Waals surface area contributed by atoms with Gasteiger partial charge >= 0.3 is 0 Å². The molecule has 1 aliphatic rings. The summed E-state index contributed by atoms with van der Waals surface area (Å²) < 4.78 is 0. The molecule has 0 saturated heterocycles. The quantitative estimate of drug-likeness (QED) is 0.694. The standard InChI is InChI=1S/C24H28N2O2/c1-6-25(19-10-8-7-9-11-19)22-21(20-13-12-17(4)14-18(20)5)23(27)26(24(22)28)15-16(2)3/h7-14,16H,6,15H2,1-5H3. The molecule has 0 N–H and O–H groups in total. The lowest BCUT2D eigenvalue weighted by atomic mass is 9.97. The maximum Gasteiger partial charge on any atom is 0.278 e. The number of carbonyl (C=O) groups is 2. The first-order valence-electron chi connectivity index (χ1n) is 9.85. The van der Waals surface area contributed by atoms with Gasteiger partial charge in [-0.05, 0) is 49.9 Å². The predicted molar refractivity (Wildman–Crippen MR) is 114 cm³/mol. The van der Waals surface area contributed by atoms with Gasteiger partial charge in [0, 0.05) is 18.8 Å². The minimum absolute atomic E-state index is 0.199. The zero-order valence-corrected chi connectivity index (χ0v) is 17.3. The summed E-state index contributed by atoms with van der Waals surface area (Å²) in [5.74, 6) is -0.200. The lowest BCUT2D eigenvalue weighted by Crippen LogP contribution is -2.37. The topological polar surface area (TPSA) is 40.6 Å². The SMILES string of the molecule is CCN(C1=C(c2ccc(C)cc2C)C(=O)N(CC(C)C)C1=O)c1ccccc1. The minimum atomic E-state index is -0.209. The van der Waals surface area contributed by atoms with Gasteiger partial charge in [0.1, 0.15) is 5.70 Å². The molecule has 2 aromatic rings. The van der Waals surface area contributed by atoms with Gasteiger partial charge in [-0.3, -0.25) is 14.5 Å². The molecule has 4 nitrogen and oxygen atoms in total.